The molecule has 0 saturated heterocycles. The Morgan fingerprint density at radius 2 is 1.71 bits per heavy atom. The van der Waals surface area contributed by atoms with Gasteiger partial charge >= 0.3 is 7.60 Å². The van der Waals surface area contributed by atoms with Crippen LogP contribution in [0.5, 0.6) is 0 Å². The molecule has 6 heteroatoms. The molecule has 17 heavy (non-hydrogen) atoms. The summed E-state index contributed by atoms with van der Waals surface area (Å²) in [6.07, 6.45) is 1.45. The Morgan fingerprint density at radius 3 is 1.94 bits per heavy atom. The second-order valence-electron chi connectivity index (χ2n) is 4.84. The third kappa shape index (κ3) is 3.50. The number of rotatable bonds is 8. The summed E-state index contributed by atoms with van der Waals surface area (Å²) >= 11 is 0. The van der Waals surface area contributed by atoms with Gasteiger partial charge in [-0.3, -0.25) is 4.57 Å². The Labute approximate surface area is 105 Å². The Balaban J connectivity index is 5.53. The number of alkyl halides is 1. The van der Waals surface area contributed by atoms with E-state index in [1.54, 1.807) is 13.8 Å². The summed E-state index contributed by atoms with van der Waals surface area (Å²) < 4.78 is 38.2. The largest absolute Gasteiger partial charge is 0.364 e. The molecule has 1 atom stereocenters. The van der Waals surface area contributed by atoms with Gasteiger partial charge in [-0.05, 0) is 13.8 Å². The molecule has 3 nitrogen and oxygen atoms in total. The second kappa shape index (κ2) is 6.28. The van der Waals surface area contributed by atoms with Crippen LogP contribution in [0.15, 0.2) is 12.7 Å². The maximum atomic E-state index is 15.2. The van der Waals surface area contributed by atoms with Crippen molar-refractivity contribution in [2.75, 3.05) is 13.2 Å². The van der Waals surface area contributed by atoms with Gasteiger partial charge in [0.05, 0.1) is 13.2 Å². The smallest absolute Gasteiger partial charge is 0.307 e. The molecule has 0 aromatic rings. The van der Waals surface area contributed by atoms with Crippen LogP contribution in [0.3, 0.4) is 0 Å². The van der Waals surface area contributed by atoms with E-state index in [9.17, 15) is 4.57 Å². The average molecular weight is 282 g/mol. The highest BCUT2D eigenvalue weighted by Gasteiger charge is 2.59. The molecule has 0 bridgehead atoms. The van der Waals surface area contributed by atoms with Crippen LogP contribution >= 0.6 is 7.60 Å². The van der Waals surface area contributed by atoms with E-state index in [4.69, 9.17) is 9.05 Å². The Morgan fingerprint density at radius 1 is 1.29 bits per heavy atom. The van der Waals surface area contributed by atoms with Crippen LogP contribution in [-0.4, -0.2) is 26.3 Å². The first-order chi connectivity index (χ1) is 7.68. The molecular weight excluding hydrogens is 258 g/mol. The summed E-state index contributed by atoms with van der Waals surface area (Å²) in [4.78, 5) is 0. The molecule has 0 aromatic heterocycles. The van der Waals surface area contributed by atoms with Crippen LogP contribution in [-0.2, 0) is 13.6 Å². The molecule has 0 saturated carbocycles. The van der Waals surface area contributed by atoms with Crippen molar-refractivity contribution < 1.29 is 18.0 Å². The van der Waals surface area contributed by atoms with Gasteiger partial charge in [-0.1, -0.05) is 25.7 Å². The molecule has 0 aliphatic carbocycles. The van der Waals surface area contributed by atoms with Gasteiger partial charge in [-0.2, -0.15) is 0 Å². The molecular formula is C11H24FO3PSi. The lowest BCUT2D eigenvalue weighted by molar-refractivity contribution is 0.174. The summed E-state index contributed by atoms with van der Waals surface area (Å²) in [5, 5.41) is -1.92. The maximum absolute atomic E-state index is 15.2. The first kappa shape index (κ1) is 17.0. The molecule has 0 heterocycles. The van der Waals surface area contributed by atoms with Crippen molar-refractivity contribution in [3.8, 4) is 0 Å². The zero-order valence-electron chi connectivity index (χ0n) is 11.5. The predicted octanol–water partition coefficient (Wildman–Crippen LogP) is 4.37. The second-order valence-corrected chi connectivity index (χ2v) is 12.8. The van der Waals surface area contributed by atoms with Crippen molar-refractivity contribution in [1.82, 2.24) is 0 Å². The van der Waals surface area contributed by atoms with Crippen molar-refractivity contribution in [1.29, 1.82) is 0 Å². The molecule has 0 aliphatic heterocycles. The van der Waals surface area contributed by atoms with Gasteiger partial charge in [0, 0.05) is 6.42 Å². The minimum Gasteiger partial charge on any atom is -0.307 e. The normalized spacial score (nSPS) is 16.6. The quantitative estimate of drug-likeness (QED) is 0.377. The lowest BCUT2D eigenvalue weighted by Gasteiger charge is -2.39. The molecule has 0 amide bonds. The zero-order valence-corrected chi connectivity index (χ0v) is 13.4. The number of hydrogen-bond donors (Lipinski definition) is 0. The lowest BCUT2D eigenvalue weighted by Crippen LogP contribution is -2.48. The van der Waals surface area contributed by atoms with Crippen LogP contribution < -0.4 is 0 Å². The highest BCUT2D eigenvalue weighted by atomic mass is 31.2. The van der Waals surface area contributed by atoms with Crippen LogP contribution in [0.25, 0.3) is 0 Å². The standard InChI is InChI=1S/C11H24FO3PSi/c1-7-10-11(12,17(4,5)6)16(13,14-8-2)15-9-3/h7H,1,8-10H2,2-6H3. The number of allylic oxidation sites excluding steroid dienone is 1. The fourth-order valence-corrected chi connectivity index (χ4v) is 7.55. The minimum atomic E-state index is -3.76. The third-order valence-electron chi connectivity index (χ3n) is 2.60. The van der Waals surface area contributed by atoms with E-state index in [-0.39, 0.29) is 19.6 Å². The Hall–Kier alpha value is 0.0369. The molecule has 0 spiro atoms. The third-order valence-corrected chi connectivity index (χ3v) is 10.2. The highest BCUT2D eigenvalue weighted by Crippen LogP contribution is 2.65. The van der Waals surface area contributed by atoms with Gasteiger partial charge in [0.2, 0.25) is 0 Å². The van der Waals surface area contributed by atoms with Crippen LogP contribution in [0.2, 0.25) is 19.6 Å². The maximum Gasteiger partial charge on any atom is 0.364 e. The summed E-state index contributed by atoms with van der Waals surface area (Å²) in [5.74, 6) is 0. The molecule has 0 N–H and O–H groups in total. The lowest BCUT2D eigenvalue weighted by atomic mass is 10.5. The van der Waals surface area contributed by atoms with E-state index >= 15 is 4.39 Å². The molecule has 0 radical (unpaired) electrons. The van der Waals surface area contributed by atoms with Crippen LogP contribution in [0, 0.1) is 0 Å². The van der Waals surface area contributed by atoms with Gasteiger partial charge in [0.1, 0.15) is 8.07 Å². The van der Waals surface area contributed by atoms with Crippen LogP contribution in [0.4, 0.5) is 4.39 Å². The van der Waals surface area contributed by atoms with Crippen molar-refractivity contribution in [3.05, 3.63) is 12.7 Å². The van der Waals surface area contributed by atoms with E-state index in [0.29, 0.717) is 0 Å². The molecule has 102 valence electrons. The SMILES string of the molecule is C=CCC(F)([Si](C)(C)C)P(=O)(OCC)OCC. The average Bonchev–Trinajstić information content (AvgIpc) is 2.16. The number of hydrogen-bond acceptors (Lipinski definition) is 3. The molecule has 0 aliphatic rings. The Kier molecular flexibility index (Phi) is 6.29. The van der Waals surface area contributed by atoms with Gasteiger partial charge in [-0.15, -0.1) is 6.58 Å². The zero-order chi connectivity index (χ0) is 13.7. The Bertz CT molecular complexity index is 294. The molecule has 0 rings (SSSR count). The summed E-state index contributed by atoms with van der Waals surface area (Å²) in [7, 11) is -6.15. The summed E-state index contributed by atoms with van der Waals surface area (Å²) in [6.45, 7) is 12.7. The number of halogens is 1. The fraction of sp³-hybridized carbons (Fsp3) is 0.818. The summed E-state index contributed by atoms with van der Waals surface area (Å²) in [5.41, 5.74) is 0. The first-order valence-corrected chi connectivity index (χ1v) is 10.9. The van der Waals surface area contributed by atoms with Crippen molar-refractivity contribution in [2.24, 2.45) is 0 Å². The van der Waals surface area contributed by atoms with Crippen molar-refractivity contribution in [2.45, 2.75) is 44.9 Å². The van der Waals surface area contributed by atoms with E-state index in [1.165, 1.54) is 6.08 Å². The van der Waals surface area contributed by atoms with Crippen LogP contribution in [0.1, 0.15) is 20.3 Å². The van der Waals surface area contributed by atoms with Crippen molar-refractivity contribution in [3.63, 3.8) is 0 Å². The van der Waals surface area contributed by atoms with Gasteiger partial charge in [0.15, 0.2) is 5.03 Å². The van der Waals surface area contributed by atoms with E-state index < -0.39 is 20.7 Å². The first-order valence-electron chi connectivity index (χ1n) is 5.87. The highest BCUT2D eigenvalue weighted by molar-refractivity contribution is 7.59. The van der Waals surface area contributed by atoms with Crippen molar-refractivity contribution >= 4 is 15.7 Å². The van der Waals surface area contributed by atoms with E-state index in [0.717, 1.165) is 0 Å². The fourth-order valence-electron chi connectivity index (χ4n) is 1.60. The summed E-state index contributed by atoms with van der Waals surface area (Å²) in [6, 6.07) is 0. The topological polar surface area (TPSA) is 35.5 Å². The molecule has 0 aromatic carbocycles. The van der Waals surface area contributed by atoms with E-state index in [2.05, 4.69) is 6.58 Å². The molecule has 1 unspecified atom stereocenters. The monoisotopic (exact) mass is 282 g/mol. The van der Waals surface area contributed by atoms with Gasteiger partial charge in [0.25, 0.3) is 0 Å². The minimum absolute atomic E-state index is 0. The van der Waals surface area contributed by atoms with E-state index in [1.807, 2.05) is 19.6 Å². The predicted molar refractivity (Wildman–Crippen MR) is 72.9 cm³/mol. The van der Waals surface area contributed by atoms with Gasteiger partial charge in [-0.25, -0.2) is 4.39 Å². The van der Waals surface area contributed by atoms with Gasteiger partial charge < -0.3 is 9.05 Å². The molecule has 0 fully saturated rings.